The molecule has 144 heavy (non-hydrogen) atoms. The number of esters is 3. The quantitative estimate of drug-likeness (QED) is 0.00973. The summed E-state index contributed by atoms with van der Waals surface area (Å²) in [6.45, 7) is 16.3. The Morgan fingerprint density at radius 1 is 0.382 bits per heavy atom. The molecule has 0 unspecified atom stereocenters. The van der Waals surface area contributed by atoms with E-state index < -0.39 is 106 Å². The van der Waals surface area contributed by atoms with Crippen LogP contribution in [0.2, 0.25) is 0 Å². The van der Waals surface area contributed by atoms with Gasteiger partial charge in [0.05, 0.1) is 83.3 Å². The average Bonchev–Trinajstić information content (AvgIpc) is 1.11. The highest BCUT2D eigenvalue weighted by atomic mass is 35.5. The lowest BCUT2D eigenvalue weighted by Gasteiger charge is -2.41. The number of ether oxygens (including phenoxy) is 3. The van der Waals surface area contributed by atoms with Crippen molar-refractivity contribution >= 4 is 86.6 Å². The Hall–Kier alpha value is -12.0. The van der Waals surface area contributed by atoms with E-state index in [2.05, 4.69) is 73.6 Å². The molecule has 0 bridgehead atoms. The number of anilines is 6. The number of benzene rings is 9. The lowest BCUT2D eigenvalue weighted by atomic mass is 9.83. The van der Waals surface area contributed by atoms with Crippen molar-refractivity contribution in [1.29, 1.82) is 0 Å². The number of likely N-dealkylation sites (tertiary alicyclic amines) is 2. The Kier molecular flexibility index (Phi) is 39.3. The van der Waals surface area contributed by atoms with Crippen molar-refractivity contribution in [3.8, 4) is 0 Å². The number of nitrogens with two attached hydrogens (primary N) is 1. The summed E-state index contributed by atoms with van der Waals surface area (Å²) in [6.07, 6.45) is 14.9. The highest BCUT2D eigenvalue weighted by molar-refractivity contribution is 6.68. The second kappa shape index (κ2) is 53.2. The largest absolute Gasteiger partial charge is 0.466 e. The molecule has 8 aliphatic rings. The van der Waals surface area contributed by atoms with Gasteiger partial charge < -0.3 is 67.0 Å². The molecular formula is C114H138ClF9N10O10. The summed E-state index contributed by atoms with van der Waals surface area (Å²) in [5.74, 6) is -9.98. The van der Waals surface area contributed by atoms with E-state index >= 15 is 0 Å². The normalized spacial score (nSPS) is 22.2. The van der Waals surface area contributed by atoms with E-state index in [1.165, 1.54) is 154 Å². The van der Waals surface area contributed by atoms with Crippen LogP contribution in [-0.4, -0.2) is 121 Å². The topological polar surface area (TPSA) is 264 Å². The van der Waals surface area contributed by atoms with Gasteiger partial charge in [0.1, 0.15) is 17.5 Å². The molecule has 4 aliphatic heterocycles. The van der Waals surface area contributed by atoms with Crippen LogP contribution < -0.4 is 43.0 Å². The van der Waals surface area contributed by atoms with Gasteiger partial charge in [0.15, 0.2) is 0 Å². The second-order valence-electron chi connectivity index (χ2n) is 38.1. The number of aryl methyl sites for hydroxylation is 5. The second-order valence-corrected chi connectivity index (χ2v) is 38.4. The molecule has 0 spiro atoms. The van der Waals surface area contributed by atoms with E-state index in [-0.39, 0.29) is 95.6 Å². The van der Waals surface area contributed by atoms with Crippen LogP contribution in [0.1, 0.15) is 295 Å². The van der Waals surface area contributed by atoms with Crippen molar-refractivity contribution in [1.82, 2.24) is 20.4 Å². The van der Waals surface area contributed by atoms with Crippen LogP contribution in [-0.2, 0) is 45.7 Å². The maximum Gasteiger partial charge on any atom is 0.416 e. The highest BCUT2D eigenvalue weighted by Gasteiger charge is 2.45. The fourth-order valence-corrected chi connectivity index (χ4v) is 20.6. The number of hydrogen-bond acceptors (Lipinski definition) is 17. The maximum absolute atomic E-state index is 15.0. The molecule has 20 nitrogen and oxygen atoms in total. The van der Waals surface area contributed by atoms with Crippen LogP contribution in [0.15, 0.2) is 188 Å². The van der Waals surface area contributed by atoms with Gasteiger partial charge in [-0.15, -0.1) is 0 Å². The molecule has 4 heterocycles. The molecule has 8 atom stereocenters. The van der Waals surface area contributed by atoms with Crippen LogP contribution in [0.5, 0.6) is 0 Å². The van der Waals surface area contributed by atoms with Gasteiger partial charge in [-0.1, -0.05) is 148 Å². The third-order valence-electron chi connectivity index (χ3n) is 27.8. The van der Waals surface area contributed by atoms with Gasteiger partial charge in [-0.25, -0.2) is 13.2 Å². The zero-order valence-corrected chi connectivity index (χ0v) is 84.1. The van der Waals surface area contributed by atoms with Crippen LogP contribution >= 0.6 is 11.6 Å². The van der Waals surface area contributed by atoms with Crippen molar-refractivity contribution in [2.75, 3.05) is 78.3 Å². The molecular weight excluding hydrogens is 1880 g/mol. The van der Waals surface area contributed by atoms with Gasteiger partial charge in [0, 0.05) is 87.6 Å². The number of halogens is 10. The Labute approximate surface area is 849 Å². The monoisotopic (exact) mass is 2020 g/mol. The molecule has 9 aromatic carbocycles. The van der Waals surface area contributed by atoms with Crippen molar-refractivity contribution < 1.29 is 91.4 Å². The number of carbonyl (C=O) groups is 7. The highest BCUT2D eigenvalue weighted by Crippen LogP contribution is 2.45. The fourth-order valence-electron chi connectivity index (χ4n) is 20.4. The summed E-state index contributed by atoms with van der Waals surface area (Å²) >= 11 is 5.13. The molecule has 9 N–H and O–H groups in total. The standard InChI is InChI=1S/C33H35F4N3O2.C27H33FN2O3.2C19H28N2O2.C8H6ClFO.C8H8F3N/c1-20-12-15-25(19-27(20)33(35,36)37)39-31(41)26-10-6-18-40(32(42)29-21(2)7-5-11-28(29)34)30(26)22-13-16-24(17-14-22)38-23-8-3-4-9-23;1-3-33-27(32)22-11-7-17-30(26(31)24-18(2)8-6-12-23(24)28)25(22)19-13-15-21(16-14-19)29-20-9-4-5-10-20;2*1-2-23-19(22)17-8-5-13-20-18(17)14-9-11-16(12-10-14)21-15-6-3-4-7-15;1-5-3-2-4-6(10)7(5)8(9)11;1-5-2-3-6(12)4-7(5)8(9,10)11/h5,7,11-17,19,23,26,30,38H,3-4,6,8-10,18H2,1-2H3,(H,39,41);6,8,12-16,20,22,25,29H,3-5,7,9-11,17H2,1-2H3;2*9-12,15,17-18,20-21H,2-8,13H2,1H3;2-4H,1H3;2-4H,12H2,1H3/t26-,30-;22-,25-;2*17-,18-;;/m0000../s1/i26D;22D;17D;;;. The summed E-state index contributed by atoms with van der Waals surface area (Å²) in [5, 5.41) is 22.8. The molecule has 8 fully saturated rings. The third-order valence-corrected chi connectivity index (χ3v) is 27.9. The number of nitrogens with one attached hydrogen (secondary N) is 7. The van der Waals surface area contributed by atoms with Gasteiger partial charge >= 0.3 is 30.3 Å². The summed E-state index contributed by atoms with van der Waals surface area (Å²) in [5.41, 5.74) is 12.7. The van der Waals surface area contributed by atoms with Crippen molar-refractivity contribution in [2.24, 2.45) is 23.6 Å². The van der Waals surface area contributed by atoms with Gasteiger partial charge in [0.25, 0.3) is 17.1 Å². The van der Waals surface area contributed by atoms with Crippen LogP contribution in [0, 0.1) is 75.7 Å². The Morgan fingerprint density at radius 3 is 1.10 bits per heavy atom. The number of amides is 3. The lowest BCUT2D eigenvalue weighted by Crippen LogP contribution is -2.46. The fraction of sp³-hybridized carbons (Fsp3) is 0.465. The van der Waals surface area contributed by atoms with E-state index in [1.807, 2.05) is 55.5 Å². The molecule has 4 saturated heterocycles. The van der Waals surface area contributed by atoms with Gasteiger partial charge in [-0.05, 0) is 324 Å². The van der Waals surface area contributed by atoms with E-state index in [1.54, 1.807) is 71.0 Å². The first-order valence-electron chi connectivity index (χ1n) is 52.1. The minimum atomic E-state index is -4.62. The molecule has 17 rings (SSSR count). The molecule has 30 heteroatoms. The minimum absolute atomic E-state index is 0.00459. The predicted molar refractivity (Wildman–Crippen MR) is 548 cm³/mol. The smallest absolute Gasteiger partial charge is 0.416 e. The lowest BCUT2D eigenvalue weighted by molar-refractivity contribution is -0.152. The molecule has 0 radical (unpaired) electrons. The summed E-state index contributed by atoms with van der Waals surface area (Å²) < 4.78 is 163. The Bertz CT molecular complexity index is 5870. The van der Waals surface area contributed by atoms with E-state index in [0.29, 0.717) is 84.6 Å². The predicted octanol–water partition coefficient (Wildman–Crippen LogP) is 26.1. The third kappa shape index (κ3) is 30.4. The number of carbonyl (C=O) groups excluding carboxylic acids is 7. The summed E-state index contributed by atoms with van der Waals surface area (Å²) in [4.78, 5) is 92.4. The number of hydrogen-bond donors (Lipinski definition) is 8. The SMILES string of the molecule is CCOC(=O)[C@H]1CCCN[C@H]1c1ccc(NC2CCCC2)cc1.Cc1ccc(N)cc1C(F)(F)F.Cc1cccc(F)c1C(=O)Cl.[2H][C@]1(C(=O)Nc2ccc(C)c(C(F)(F)F)c2)CCCN(C(=O)c2c(C)cccc2F)[C@H]1c1ccc(NC2CCCC2)cc1.[2H][C@]1(C(=O)OCC)CCCN(C(=O)c2c(C)cccc2F)[C@H]1c1ccc(NC2CCCC2)cc1.[2H][C@]1(C(=O)OCC)CCCN[C@H]1c1ccc(NC2CCCC2)cc1. The minimum Gasteiger partial charge on any atom is -0.466 e. The Balaban J connectivity index is 0.000000166. The summed E-state index contributed by atoms with van der Waals surface area (Å²) in [7, 11) is 0. The molecule has 4 saturated carbocycles. The van der Waals surface area contributed by atoms with E-state index in [4.69, 9.17) is 32.9 Å². The molecule has 3 amide bonds. The first-order valence-corrected chi connectivity index (χ1v) is 51.0. The number of nitrogens with zero attached hydrogens (tertiary/aromatic N) is 2. The zero-order chi connectivity index (χ0) is 106. The van der Waals surface area contributed by atoms with E-state index in [9.17, 15) is 75.8 Å². The van der Waals surface area contributed by atoms with Crippen LogP contribution in [0.3, 0.4) is 0 Å². The first-order chi connectivity index (χ1) is 70.2. The first kappa shape index (κ1) is 106. The van der Waals surface area contributed by atoms with Gasteiger partial charge in [0.2, 0.25) is 5.91 Å². The number of piperidine rings is 4. The van der Waals surface area contributed by atoms with Crippen molar-refractivity contribution in [2.45, 2.75) is 270 Å². The van der Waals surface area contributed by atoms with Crippen molar-refractivity contribution in [3.63, 3.8) is 0 Å². The van der Waals surface area contributed by atoms with Crippen LogP contribution in [0.4, 0.5) is 73.6 Å². The summed E-state index contributed by atoms with van der Waals surface area (Å²) in [6, 6.07) is 51.8. The number of alkyl halides is 6. The Morgan fingerprint density at radius 2 is 0.715 bits per heavy atom. The number of rotatable bonds is 23. The van der Waals surface area contributed by atoms with E-state index in [0.717, 1.165) is 106 Å². The van der Waals surface area contributed by atoms with Gasteiger partial charge in [-0.2, -0.15) is 26.3 Å². The molecule has 4 aliphatic carbocycles. The zero-order valence-electron chi connectivity index (χ0n) is 86.3. The van der Waals surface area contributed by atoms with Crippen LogP contribution in [0.25, 0.3) is 0 Å². The maximum atomic E-state index is 15.0. The molecule has 0 aromatic heterocycles. The van der Waals surface area contributed by atoms with Crippen molar-refractivity contribution in [3.05, 3.63) is 283 Å². The van der Waals surface area contributed by atoms with Gasteiger partial charge in [-0.3, -0.25) is 33.6 Å². The molecule has 9 aromatic rings. The number of nitrogen functional groups attached to an aromatic ring is 1. The average molecular weight is 2020 g/mol. The molecule has 774 valence electrons.